The number of anilines is 1. The van der Waals surface area contributed by atoms with Crippen molar-refractivity contribution in [2.75, 3.05) is 5.43 Å². The van der Waals surface area contributed by atoms with E-state index in [-0.39, 0.29) is 0 Å². The molecule has 9 heteroatoms. The second kappa shape index (κ2) is 8.11. The first-order valence-corrected chi connectivity index (χ1v) is 10.00. The first kappa shape index (κ1) is 19.8. The summed E-state index contributed by atoms with van der Waals surface area (Å²) < 4.78 is 5.11. The molecule has 0 fully saturated rings. The minimum absolute atomic E-state index is 0.301. The maximum Gasteiger partial charge on any atom is 0.332 e. The van der Waals surface area contributed by atoms with Crippen LogP contribution in [0.2, 0.25) is 0 Å². The number of nitrogens with one attached hydrogen (secondary N) is 1. The van der Waals surface area contributed by atoms with Gasteiger partial charge in [-0.3, -0.25) is 18.5 Å². The molecule has 0 saturated carbocycles. The summed E-state index contributed by atoms with van der Waals surface area (Å²) in [6, 6.07) is 17.4. The van der Waals surface area contributed by atoms with Gasteiger partial charge >= 0.3 is 5.69 Å². The van der Waals surface area contributed by atoms with Crippen LogP contribution in [0.15, 0.2) is 73.8 Å². The van der Waals surface area contributed by atoms with Crippen LogP contribution in [0.1, 0.15) is 11.1 Å². The molecule has 30 heavy (non-hydrogen) atoms. The number of aromatic nitrogens is 4. The van der Waals surface area contributed by atoms with Crippen molar-refractivity contribution in [2.24, 2.45) is 19.2 Å². The lowest BCUT2D eigenvalue weighted by molar-refractivity contribution is 0.702. The summed E-state index contributed by atoms with van der Waals surface area (Å²) in [4.78, 5) is 29.7. The third kappa shape index (κ3) is 3.71. The van der Waals surface area contributed by atoms with Gasteiger partial charge in [0.05, 0.1) is 12.8 Å². The van der Waals surface area contributed by atoms with Gasteiger partial charge in [-0.25, -0.2) is 10.2 Å². The molecular weight excluding hydrogens is 448 g/mol. The molecule has 0 spiro atoms. The summed E-state index contributed by atoms with van der Waals surface area (Å²) in [5.41, 5.74) is 4.61. The molecule has 0 atom stereocenters. The van der Waals surface area contributed by atoms with E-state index in [1.807, 2.05) is 54.6 Å². The van der Waals surface area contributed by atoms with E-state index in [0.29, 0.717) is 23.7 Å². The third-order valence-electron chi connectivity index (χ3n) is 4.76. The van der Waals surface area contributed by atoms with E-state index in [9.17, 15) is 9.59 Å². The maximum atomic E-state index is 12.9. The van der Waals surface area contributed by atoms with E-state index in [1.54, 1.807) is 17.8 Å². The first-order chi connectivity index (χ1) is 14.5. The number of hydrazone groups is 1. The predicted molar refractivity (Wildman–Crippen MR) is 121 cm³/mol. The molecule has 0 aliphatic carbocycles. The third-order valence-corrected chi connectivity index (χ3v) is 5.25. The molecule has 2 aromatic carbocycles. The zero-order chi connectivity index (χ0) is 21.3. The number of benzene rings is 2. The molecule has 0 amide bonds. The van der Waals surface area contributed by atoms with Gasteiger partial charge in [0.15, 0.2) is 11.2 Å². The summed E-state index contributed by atoms with van der Waals surface area (Å²) in [5, 5.41) is 4.27. The van der Waals surface area contributed by atoms with Gasteiger partial charge < -0.3 is 0 Å². The lowest BCUT2D eigenvalue weighted by Crippen LogP contribution is -2.37. The SMILES string of the molecule is Cn1c(=O)c2c(nc(N/N=C/c3ccccc3)n2Cc2cccc(Br)c2)n(C)c1=O. The van der Waals surface area contributed by atoms with Crippen molar-refractivity contribution in [3.05, 3.63) is 91.0 Å². The number of aryl methyl sites for hydroxylation is 1. The summed E-state index contributed by atoms with van der Waals surface area (Å²) >= 11 is 3.47. The van der Waals surface area contributed by atoms with Crippen LogP contribution >= 0.6 is 15.9 Å². The van der Waals surface area contributed by atoms with Crippen LogP contribution in [0.25, 0.3) is 11.2 Å². The molecule has 4 aromatic rings. The Morgan fingerprint density at radius 1 is 1.07 bits per heavy atom. The minimum atomic E-state index is -0.432. The molecule has 0 radical (unpaired) electrons. The highest BCUT2D eigenvalue weighted by atomic mass is 79.9. The van der Waals surface area contributed by atoms with Crippen LogP contribution in [0, 0.1) is 0 Å². The molecular formula is C21H19BrN6O2. The fraction of sp³-hybridized carbons (Fsp3) is 0.143. The molecule has 152 valence electrons. The number of fused-ring (bicyclic) bond motifs is 1. The number of hydrogen-bond donors (Lipinski definition) is 1. The van der Waals surface area contributed by atoms with Crippen LogP contribution in [-0.4, -0.2) is 24.9 Å². The Morgan fingerprint density at radius 3 is 2.57 bits per heavy atom. The number of imidazole rings is 1. The second-order valence-electron chi connectivity index (χ2n) is 6.81. The van der Waals surface area contributed by atoms with E-state index in [1.165, 1.54) is 11.6 Å². The van der Waals surface area contributed by atoms with Gasteiger partial charge in [0.1, 0.15) is 0 Å². The number of hydrogen-bond acceptors (Lipinski definition) is 5. The summed E-state index contributed by atoms with van der Waals surface area (Å²) in [5.74, 6) is 0.371. The lowest BCUT2D eigenvalue weighted by Gasteiger charge is -2.09. The van der Waals surface area contributed by atoms with Crippen LogP contribution in [0.4, 0.5) is 5.95 Å². The highest BCUT2D eigenvalue weighted by Gasteiger charge is 2.19. The van der Waals surface area contributed by atoms with Crippen molar-refractivity contribution in [1.82, 2.24) is 18.7 Å². The molecule has 0 unspecified atom stereocenters. The Kier molecular flexibility index (Phi) is 5.37. The van der Waals surface area contributed by atoms with Crippen LogP contribution in [0.5, 0.6) is 0 Å². The van der Waals surface area contributed by atoms with Crippen molar-refractivity contribution in [3.63, 3.8) is 0 Å². The molecule has 4 rings (SSSR count). The Morgan fingerprint density at radius 2 is 1.83 bits per heavy atom. The second-order valence-corrected chi connectivity index (χ2v) is 7.73. The Labute approximate surface area is 180 Å². The van der Waals surface area contributed by atoms with Gasteiger partial charge in [-0.1, -0.05) is 58.4 Å². The normalized spacial score (nSPS) is 11.4. The van der Waals surface area contributed by atoms with Crippen LogP contribution < -0.4 is 16.7 Å². The zero-order valence-corrected chi connectivity index (χ0v) is 18.0. The van der Waals surface area contributed by atoms with Gasteiger partial charge in [0, 0.05) is 18.6 Å². The summed E-state index contributed by atoms with van der Waals surface area (Å²) in [6.07, 6.45) is 1.67. The van der Waals surface area contributed by atoms with E-state index in [4.69, 9.17) is 0 Å². The maximum absolute atomic E-state index is 12.9. The highest BCUT2D eigenvalue weighted by Crippen LogP contribution is 2.19. The number of halogens is 1. The Balaban J connectivity index is 1.84. The summed E-state index contributed by atoms with van der Waals surface area (Å²) in [6.45, 7) is 0.382. The van der Waals surface area contributed by atoms with Gasteiger partial charge in [0.2, 0.25) is 5.95 Å². The smallest absolute Gasteiger partial charge is 0.298 e. The fourth-order valence-electron chi connectivity index (χ4n) is 3.21. The standard InChI is InChI=1S/C21H19BrN6O2/c1-26-18-17(19(29)27(2)21(26)30)28(13-15-9-6-10-16(22)11-15)20(24-18)25-23-12-14-7-4-3-5-8-14/h3-12H,13H2,1-2H3,(H,24,25)/b23-12+. The van der Waals surface area contributed by atoms with Gasteiger partial charge in [-0.15, -0.1) is 0 Å². The average molecular weight is 467 g/mol. The Bertz CT molecular complexity index is 1370. The highest BCUT2D eigenvalue weighted by molar-refractivity contribution is 9.10. The Hall–Kier alpha value is -3.46. The van der Waals surface area contributed by atoms with E-state index in [2.05, 4.69) is 31.4 Å². The summed E-state index contributed by atoms with van der Waals surface area (Å²) in [7, 11) is 3.05. The van der Waals surface area contributed by atoms with Gasteiger partial charge in [0.25, 0.3) is 5.56 Å². The minimum Gasteiger partial charge on any atom is -0.298 e. The molecule has 0 aliphatic heterocycles. The van der Waals surface area contributed by atoms with Crippen molar-refractivity contribution >= 4 is 39.3 Å². The van der Waals surface area contributed by atoms with Crippen molar-refractivity contribution in [3.8, 4) is 0 Å². The largest absolute Gasteiger partial charge is 0.332 e. The van der Waals surface area contributed by atoms with E-state index in [0.717, 1.165) is 20.2 Å². The van der Waals surface area contributed by atoms with Gasteiger partial charge in [-0.05, 0) is 23.3 Å². The predicted octanol–water partition coefficient (Wildman–Crippen LogP) is 2.69. The van der Waals surface area contributed by atoms with E-state index >= 15 is 0 Å². The molecule has 8 nitrogen and oxygen atoms in total. The number of nitrogens with zero attached hydrogens (tertiary/aromatic N) is 5. The molecule has 0 saturated heterocycles. The fourth-order valence-corrected chi connectivity index (χ4v) is 3.65. The first-order valence-electron chi connectivity index (χ1n) is 9.20. The monoisotopic (exact) mass is 466 g/mol. The molecule has 0 aliphatic rings. The lowest BCUT2D eigenvalue weighted by atomic mass is 10.2. The van der Waals surface area contributed by atoms with Crippen molar-refractivity contribution < 1.29 is 0 Å². The quantitative estimate of drug-likeness (QED) is 0.361. The topological polar surface area (TPSA) is 86.2 Å². The van der Waals surface area contributed by atoms with Gasteiger partial charge in [-0.2, -0.15) is 10.1 Å². The number of rotatable bonds is 5. The molecule has 2 aromatic heterocycles. The van der Waals surface area contributed by atoms with Crippen molar-refractivity contribution in [2.45, 2.75) is 6.54 Å². The average Bonchev–Trinajstić information content (AvgIpc) is 3.10. The molecule has 0 bridgehead atoms. The molecule has 1 N–H and O–H groups in total. The van der Waals surface area contributed by atoms with Crippen molar-refractivity contribution in [1.29, 1.82) is 0 Å². The van der Waals surface area contributed by atoms with Crippen LogP contribution in [0.3, 0.4) is 0 Å². The molecule has 2 heterocycles. The van der Waals surface area contributed by atoms with Crippen LogP contribution in [-0.2, 0) is 20.6 Å². The zero-order valence-electron chi connectivity index (χ0n) is 16.4. The van der Waals surface area contributed by atoms with E-state index < -0.39 is 11.2 Å².